The quantitative estimate of drug-likeness (QED) is 0.283. The zero-order valence-corrected chi connectivity index (χ0v) is 22.3. The zero-order valence-electron chi connectivity index (χ0n) is 21.5. The van der Waals surface area contributed by atoms with Crippen molar-refractivity contribution in [1.82, 2.24) is 0 Å². The van der Waals surface area contributed by atoms with Gasteiger partial charge in [0.1, 0.15) is 17.2 Å². The monoisotopic (exact) mass is 479 g/mol. The maximum atomic E-state index is 10.8. The van der Waals surface area contributed by atoms with Crippen LogP contribution in [-0.4, -0.2) is 15.3 Å². The van der Waals surface area contributed by atoms with Crippen molar-refractivity contribution < 1.29 is 15.3 Å². The summed E-state index contributed by atoms with van der Waals surface area (Å²) < 4.78 is 0. The zero-order chi connectivity index (χ0) is 25.0. The van der Waals surface area contributed by atoms with Crippen molar-refractivity contribution in [1.29, 1.82) is 0 Å². The number of phenols is 3. The first-order valence-electron chi connectivity index (χ1n) is 12.6. The lowest BCUT2D eigenvalue weighted by Gasteiger charge is -2.17. The van der Waals surface area contributed by atoms with E-state index in [2.05, 4.69) is 77.9 Å². The Hall–Kier alpha value is -2.59. The molecule has 34 heavy (non-hydrogen) atoms. The van der Waals surface area contributed by atoms with Crippen LogP contribution in [0.1, 0.15) is 74.9 Å². The Morgan fingerprint density at radius 3 is 0.735 bits per heavy atom. The minimum absolute atomic E-state index is 0.403. The molecule has 182 valence electrons. The van der Waals surface area contributed by atoms with Crippen LogP contribution < -0.4 is 0 Å². The number of rotatable bonds is 9. The maximum Gasteiger partial charge on any atom is 0.167 e. The standard InChI is InChI=1S/C30H38O3S/c1-7-19-13-25(14-20(8-2)28(19)31)34(26-15-21(9-3)29(32)22(10-4)16-26)27-17-23(11-5)30(33)24(12-6)18-27/h13-18H,7-12H2,1-6H3,(H2-,31,32,33)/p+1. The lowest BCUT2D eigenvalue weighted by atomic mass is 10.0. The highest BCUT2D eigenvalue weighted by Gasteiger charge is 2.33. The van der Waals surface area contributed by atoms with Crippen LogP contribution in [0.15, 0.2) is 51.1 Å². The van der Waals surface area contributed by atoms with Gasteiger partial charge in [-0.2, -0.15) is 0 Å². The van der Waals surface area contributed by atoms with Crippen molar-refractivity contribution in [3.05, 3.63) is 69.8 Å². The van der Waals surface area contributed by atoms with E-state index in [9.17, 15) is 15.3 Å². The Bertz CT molecular complexity index is 944. The molecule has 3 rings (SSSR count). The summed E-state index contributed by atoms with van der Waals surface area (Å²) in [6, 6.07) is 12.9. The maximum absolute atomic E-state index is 10.8. The molecule has 0 unspecified atom stereocenters. The van der Waals surface area contributed by atoms with Crippen LogP contribution in [0.25, 0.3) is 0 Å². The number of phenolic OH excluding ortho intramolecular Hbond substituents is 3. The van der Waals surface area contributed by atoms with Gasteiger partial charge in [-0.25, -0.2) is 0 Å². The Morgan fingerprint density at radius 2 is 0.588 bits per heavy atom. The molecule has 0 bridgehead atoms. The smallest absolute Gasteiger partial charge is 0.167 e. The highest BCUT2D eigenvalue weighted by Crippen LogP contribution is 2.40. The van der Waals surface area contributed by atoms with Gasteiger partial charge in [0.2, 0.25) is 0 Å². The Balaban J connectivity index is 2.40. The molecule has 0 aliphatic carbocycles. The number of hydrogen-bond acceptors (Lipinski definition) is 3. The highest BCUT2D eigenvalue weighted by atomic mass is 32.2. The molecule has 0 atom stereocenters. The summed E-state index contributed by atoms with van der Waals surface area (Å²) in [5.74, 6) is 1.21. The Kier molecular flexibility index (Phi) is 8.59. The van der Waals surface area contributed by atoms with Crippen LogP contribution in [0.4, 0.5) is 0 Å². The Morgan fingerprint density at radius 1 is 0.412 bits per heavy atom. The van der Waals surface area contributed by atoms with Gasteiger partial charge in [-0.3, -0.25) is 0 Å². The molecule has 0 aliphatic rings. The summed E-state index contributed by atoms with van der Waals surface area (Å²) in [4.78, 5) is 3.49. The topological polar surface area (TPSA) is 60.7 Å². The second-order valence-corrected chi connectivity index (χ2v) is 10.7. The Labute approximate surface area is 207 Å². The van der Waals surface area contributed by atoms with Crippen LogP contribution in [0, 0.1) is 0 Å². The van der Waals surface area contributed by atoms with E-state index in [0.717, 1.165) is 86.6 Å². The summed E-state index contributed by atoms with van der Waals surface area (Å²) in [7, 11) is -0.444. The van der Waals surface area contributed by atoms with Gasteiger partial charge in [-0.15, -0.1) is 0 Å². The van der Waals surface area contributed by atoms with E-state index in [1.807, 2.05) is 0 Å². The van der Waals surface area contributed by atoms with E-state index in [0.29, 0.717) is 17.2 Å². The van der Waals surface area contributed by atoms with Gasteiger partial charge >= 0.3 is 0 Å². The number of aromatic hydroxyl groups is 3. The van der Waals surface area contributed by atoms with Gasteiger partial charge in [0.25, 0.3) is 0 Å². The molecule has 3 aromatic carbocycles. The van der Waals surface area contributed by atoms with Crippen LogP contribution in [0.3, 0.4) is 0 Å². The van der Waals surface area contributed by atoms with Gasteiger partial charge in [-0.1, -0.05) is 41.5 Å². The molecule has 4 heteroatoms. The summed E-state index contributed by atoms with van der Waals surface area (Å²) >= 11 is 0. The van der Waals surface area contributed by atoms with Crippen LogP contribution in [0.5, 0.6) is 17.2 Å². The summed E-state index contributed by atoms with van der Waals surface area (Å²) in [5, 5.41) is 32.3. The summed E-state index contributed by atoms with van der Waals surface area (Å²) in [6.45, 7) is 12.5. The van der Waals surface area contributed by atoms with Crippen molar-refractivity contribution in [2.24, 2.45) is 0 Å². The van der Waals surface area contributed by atoms with Gasteiger partial charge in [-0.05, 0) is 71.9 Å². The van der Waals surface area contributed by atoms with Crippen molar-refractivity contribution in [3.63, 3.8) is 0 Å². The normalized spacial score (nSPS) is 11.4. The lowest BCUT2D eigenvalue weighted by molar-refractivity contribution is 0.461. The molecule has 0 saturated carbocycles. The molecule has 0 spiro atoms. The second kappa shape index (κ2) is 11.2. The highest BCUT2D eigenvalue weighted by molar-refractivity contribution is 7.97. The average molecular weight is 480 g/mol. The molecule has 0 radical (unpaired) electrons. The predicted molar refractivity (Wildman–Crippen MR) is 143 cm³/mol. The minimum atomic E-state index is -0.444. The fourth-order valence-corrected chi connectivity index (χ4v) is 6.94. The molecule has 0 heterocycles. The van der Waals surface area contributed by atoms with Crippen LogP contribution in [-0.2, 0) is 49.4 Å². The van der Waals surface area contributed by atoms with Gasteiger partial charge < -0.3 is 15.3 Å². The van der Waals surface area contributed by atoms with E-state index < -0.39 is 10.9 Å². The van der Waals surface area contributed by atoms with Gasteiger partial charge in [0, 0.05) is 36.4 Å². The second-order valence-electron chi connectivity index (χ2n) is 8.70. The van der Waals surface area contributed by atoms with Crippen molar-refractivity contribution in [2.45, 2.75) is 94.8 Å². The molecular weight excluding hydrogens is 440 g/mol. The first-order valence-corrected chi connectivity index (χ1v) is 13.8. The van der Waals surface area contributed by atoms with E-state index in [1.165, 1.54) is 0 Å². The average Bonchev–Trinajstić information content (AvgIpc) is 2.86. The van der Waals surface area contributed by atoms with Crippen molar-refractivity contribution >= 4 is 10.9 Å². The molecule has 3 nitrogen and oxygen atoms in total. The molecule has 0 fully saturated rings. The first-order chi connectivity index (χ1) is 16.3. The van der Waals surface area contributed by atoms with E-state index >= 15 is 0 Å². The van der Waals surface area contributed by atoms with Crippen LogP contribution in [0.2, 0.25) is 0 Å². The largest absolute Gasteiger partial charge is 0.507 e. The van der Waals surface area contributed by atoms with E-state index in [4.69, 9.17) is 0 Å². The van der Waals surface area contributed by atoms with Crippen LogP contribution >= 0.6 is 0 Å². The molecule has 0 amide bonds. The lowest BCUT2D eigenvalue weighted by Crippen LogP contribution is -2.09. The van der Waals surface area contributed by atoms with Crippen molar-refractivity contribution in [3.8, 4) is 17.2 Å². The summed E-state index contributed by atoms with van der Waals surface area (Å²) in [6.07, 6.45) is 4.56. The number of aryl methyl sites for hydroxylation is 6. The van der Waals surface area contributed by atoms with E-state index in [1.54, 1.807) is 0 Å². The third kappa shape index (κ3) is 4.93. The molecular formula is C30H39O3S+. The van der Waals surface area contributed by atoms with Gasteiger partial charge in [0.05, 0.1) is 10.9 Å². The third-order valence-corrected chi connectivity index (χ3v) is 8.84. The molecule has 0 aromatic heterocycles. The molecule has 3 aromatic rings. The minimum Gasteiger partial charge on any atom is -0.507 e. The third-order valence-electron chi connectivity index (χ3n) is 6.72. The van der Waals surface area contributed by atoms with Crippen molar-refractivity contribution in [2.75, 3.05) is 0 Å². The SMILES string of the molecule is CCc1cc([S+](c2cc(CC)c(O)c(CC)c2)c2cc(CC)c(O)c(CC)c2)cc(CC)c1O. The summed E-state index contributed by atoms with van der Waals surface area (Å²) in [5.41, 5.74) is 5.76. The molecule has 0 saturated heterocycles. The fraction of sp³-hybridized carbons (Fsp3) is 0.400. The van der Waals surface area contributed by atoms with E-state index in [-0.39, 0.29) is 0 Å². The predicted octanol–water partition coefficient (Wildman–Crippen LogP) is 7.27. The number of hydrogen-bond donors (Lipinski definition) is 3. The first kappa shape index (κ1) is 26.0. The molecule has 3 N–H and O–H groups in total. The fourth-order valence-electron chi connectivity index (χ4n) is 4.56. The molecule has 0 aliphatic heterocycles. The van der Waals surface area contributed by atoms with Gasteiger partial charge in [0.15, 0.2) is 14.7 Å². The number of benzene rings is 3.